The van der Waals surface area contributed by atoms with Gasteiger partial charge in [0.05, 0.1) is 0 Å². The van der Waals surface area contributed by atoms with Crippen LogP contribution in [0.5, 0.6) is 0 Å². The maximum atomic E-state index is 3.48. The van der Waals surface area contributed by atoms with Gasteiger partial charge in [0.15, 0.2) is 0 Å². The number of halogens is 1. The molecule has 16 heavy (non-hydrogen) atoms. The Balaban J connectivity index is 0.000000963. The van der Waals surface area contributed by atoms with Gasteiger partial charge in [0.2, 0.25) is 0 Å². The second kappa shape index (κ2) is 5.24. The molecule has 3 heteroatoms. The minimum Gasteiger partial charge on any atom is -0.314 e. The zero-order valence-corrected chi connectivity index (χ0v) is 11.1. The fourth-order valence-corrected chi connectivity index (χ4v) is 4.06. The fourth-order valence-electron chi connectivity index (χ4n) is 4.06. The van der Waals surface area contributed by atoms with Crippen molar-refractivity contribution >= 4 is 12.4 Å². The third-order valence-corrected chi connectivity index (χ3v) is 4.99. The number of hydrogen-bond acceptors (Lipinski definition) is 2. The van der Waals surface area contributed by atoms with Gasteiger partial charge in [-0.3, -0.25) is 4.90 Å². The summed E-state index contributed by atoms with van der Waals surface area (Å²) in [6, 6.07) is 0.762. The predicted molar refractivity (Wildman–Crippen MR) is 70.1 cm³/mol. The largest absolute Gasteiger partial charge is 0.314 e. The Labute approximate surface area is 106 Å². The highest BCUT2D eigenvalue weighted by molar-refractivity contribution is 5.85. The summed E-state index contributed by atoms with van der Waals surface area (Å²) in [5.41, 5.74) is 0. The first-order chi connectivity index (χ1) is 7.33. The molecule has 4 atom stereocenters. The molecule has 1 heterocycles. The highest BCUT2D eigenvalue weighted by Crippen LogP contribution is 2.48. The standard InChI is InChI=1S/C13H24N2.ClH/c1-10-8-14-4-5-15(10)9-13-7-11-2-3-12(13)6-11;/h10-14H,2-9H2,1H3;1H/t10-,11?,12?,13?;/m1./s1. The molecule has 0 aromatic rings. The van der Waals surface area contributed by atoms with Gasteiger partial charge >= 0.3 is 0 Å². The molecule has 0 aromatic carbocycles. The molecule has 2 saturated carbocycles. The maximum Gasteiger partial charge on any atom is 0.0193 e. The topological polar surface area (TPSA) is 15.3 Å². The lowest BCUT2D eigenvalue weighted by molar-refractivity contribution is 0.127. The minimum absolute atomic E-state index is 0. The molecule has 1 N–H and O–H groups in total. The number of fused-ring (bicyclic) bond motifs is 2. The van der Waals surface area contributed by atoms with Crippen LogP contribution in [0.1, 0.15) is 32.6 Å². The van der Waals surface area contributed by atoms with E-state index in [1.165, 1.54) is 39.0 Å². The van der Waals surface area contributed by atoms with Gasteiger partial charge < -0.3 is 5.32 Å². The Bertz CT molecular complexity index is 234. The van der Waals surface area contributed by atoms with Gasteiger partial charge in [-0.2, -0.15) is 0 Å². The van der Waals surface area contributed by atoms with E-state index in [1.54, 1.807) is 12.8 Å². The molecule has 0 amide bonds. The predicted octanol–water partition coefficient (Wildman–Crippen LogP) is 2.14. The molecule has 1 saturated heterocycles. The van der Waals surface area contributed by atoms with E-state index in [9.17, 15) is 0 Å². The van der Waals surface area contributed by atoms with Gasteiger partial charge in [-0.1, -0.05) is 6.42 Å². The summed E-state index contributed by atoms with van der Waals surface area (Å²) in [5, 5.41) is 3.48. The van der Waals surface area contributed by atoms with Crippen molar-refractivity contribution < 1.29 is 0 Å². The number of rotatable bonds is 2. The third-order valence-electron chi connectivity index (χ3n) is 4.99. The van der Waals surface area contributed by atoms with Crippen LogP contribution in [0.15, 0.2) is 0 Å². The van der Waals surface area contributed by atoms with Crippen LogP contribution in [0.25, 0.3) is 0 Å². The summed E-state index contributed by atoms with van der Waals surface area (Å²) in [4.78, 5) is 2.72. The van der Waals surface area contributed by atoms with Crippen LogP contribution in [0.2, 0.25) is 0 Å². The van der Waals surface area contributed by atoms with Crippen molar-refractivity contribution in [2.24, 2.45) is 17.8 Å². The van der Waals surface area contributed by atoms with Crippen LogP contribution in [0.3, 0.4) is 0 Å². The summed E-state index contributed by atoms with van der Waals surface area (Å²) >= 11 is 0. The first-order valence-electron chi connectivity index (χ1n) is 6.77. The Kier molecular flexibility index (Phi) is 4.15. The molecule has 3 rings (SSSR count). The second-order valence-corrected chi connectivity index (χ2v) is 5.98. The van der Waals surface area contributed by atoms with Crippen LogP contribution in [0.4, 0.5) is 0 Å². The first-order valence-corrected chi connectivity index (χ1v) is 6.77. The zero-order valence-electron chi connectivity index (χ0n) is 10.3. The second-order valence-electron chi connectivity index (χ2n) is 5.98. The number of hydrogen-bond donors (Lipinski definition) is 1. The first kappa shape index (κ1) is 12.7. The molecule has 0 aromatic heterocycles. The van der Waals surface area contributed by atoms with E-state index in [-0.39, 0.29) is 12.4 Å². The molecule has 0 spiro atoms. The SMILES string of the molecule is C[C@@H]1CNCCN1CC1CC2CCC1C2.Cl. The van der Waals surface area contributed by atoms with Gasteiger partial charge in [-0.25, -0.2) is 0 Å². The van der Waals surface area contributed by atoms with E-state index in [1.807, 2.05) is 0 Å². The lowest BCUT2D eigenvalue weighted by atomic mass is 9.88. The summed E-state index contributed by atoms with van der Waals surface area (Å²) in [6.45, 7) is 7.43. The van der Waals surface area contributed by atoms with Crippen LogP contribution >= 0.6 is 12.4 Å². The molecule has 2 aliphatic carbocycles. The molecular formula is C13H25ClN2. The van der Waals surface area contributed by atoms with Crippen molar-refractivity contribution in [3.8, 4) is 0 Å². The summed E-state index contributed by atoms with van der Waals surface area (Å²) in [5.74, 6) is 3.25. The molecule has 2 bridgehead atoms. The van der Waals surface area contributed by atoms with Gasteiger partial charge in [-0.05, 0) is 43.9 Å². The fraction of sp³-hybridized carbons (Fsp3) is 1.00. The average molecular weight is 245 g/mol. The van der Waals surface area contributed by atoms with Crippen molar-refractivity contribution in [3.63, 3.8) is 0 Å². The van der Waals surface area contributed by atoms with E-state index < -0.39 is 0 Å². The van der Waals surface area contributed by atoms with Gasteiger partial charge in [-0.15, -0.1) is 12.4 Å². The van der Waals surface area contributed by atoms with Crippen molar-refractivity contribution in [2.75, 3.05) is 26.2 Å². The van der Waals surface area contributed by atoms with Crippen molar-refractivity contribution in [1.82, 2.24) is 10.2 Å². The third kappa shape index (κ3) is 2.39. The van der Waals surface area contributed by atoms with Crippen LogP contribution in [-0.2, 0) is 0 Å². The van der Waals surface area contributed by atoms with E-state index >= 15 is 0 Å². The highest BCUT2D eigenvalue weighted by atomic mass is 35.5. The van der Waals surface area contributed by atoms with Crippen LogP contribution in [-0.4, -0.2) is 37.1 Å². The van der Waals surface area contributed by atoms with E-state index in [2.05, 4.69) is 17.1 Å². The molecule has 0 radical (unpaired) electrons. The van der Waals surface area contributed by atoms with E-state index in [4.69, 9.17) is 0 Å². The van der Waals surface area contributed by atoms with Gasteiger partial charge in [0, 0.05) is 32.2 Å². The Morgan fingerprint density at radius 2 is 2.12 bits per heavy atom. The Hall–Kier alpha value is 0.210. The molecule has 94 valence electrons. The monoisotopic (exact) mass is 244 g/mol. The minimum atomic E-state index is 0. The number of nitrogens with one attached hydrogen (secondary N) is 1. The molecule has 2 nitrogen and oxygen atoms in total. The van der Waals surface area contributed by atoms with Crippen molar-refractivity contribution in [3.05, 3.63) is 0 Å². The molecule has 3 fully saturated rings. The molecule has 1 aliphatic heterocycles. The average Bonchev–Trinajstić information content (AvgIpc) is 2.83. The summed E-state index contributed by atoms with van der Waals surface area (Å²) < 4.78 is 0. The van der Waals surface area contributed by atoms with E-state index in [0.29, 0.717) is 0 Å². The maximum absolute atomic E-state index is 3.48. The summed E-state index contributed by atoms with van der Waals surface area (Å²) in [7, 11) is 0. The van der Waals surface area contributed by atoms with Crippen LogP contribution in [0, 0.1) is 17.8 Å². The zero-order chi connectivity index (χ0) is 10.3. The normalized spacial score (nSPS) is 43.3. The molecular weight excluding hydrogens is 220 g/mol. The van der Waals surface area contributed by atoms with E-state index in [0.717, 1.165) is 23.8 Å². The van der Waals surface area contributed by atoms with Gasteiger partial charge in [0.1, 0.15) is 0 Å². The van der Waals surface area contributed by atoms with Gasteiger partial charge in [0.25, 0.3) is 0 Å². The Morgan fingerprint density at radius 3 is 2.75 bits per heavy atom. The van der Waals surface area contributed by atoms with Crippen molar-refractivity contribution in [1.29, 1.82) is 0 Å². The number of piperazine rings is 1. The lowest BCUT2D eigenvalue weighted by Crippen LogP contribution is -2.51. The Morgan fingerprint density at radius 1 is 1.25 bits per heavy atom. The number of nitrogens with zero attached hydrogens (tertiary/aromatic N) is 1. The molecule has 3 aliphatic rings. The smallest absolute Gasteiger partial charge is 0.0193 e. The quantitative estimate of drug-likeness (QED) is 0.801. The summed E-state index contributed by atoms with van der Waals surface area (Å²) in [6.07, 6.45) is 6.18. The van der Waals surface area contributed by atoms with Crippen LogP contribution < -0.4 is 5.32 Å². The highest BCUT2D eigenvalue weighted by Gasteiger charge is 2.40. The van der Waals surface area contributed by atoms with Crippen molar-refractivity contribution in [2.45, 2.75) is 38.6 Å². The molecule has 3 unspecified atom stereocenters. The lowest BCUT2D eigenvalue weighted by Gasteiger charge is -2.37.